The summed E-state index contributed by atoms with van der Waals surface area (Å²) in [5.41, 5.74) is 1.05. The molecule has 0 rings (SSSR count). The van der Waals surface area contributed by atoms with Gasteiger partial charge in [0.25, 0.3) is 0 Å². The van der Waals surface area contributed by atoms with Gasteiger partial charge in [0.15, 0.2) is 0 Å². The van der Waals surface area contributed by atoms with Crippen LogP contribution in [0.1, 0.15) is 53.4 Å². The van der Waals surface area contributed by atoms with Gasteiger partial charge in [-0.3, -0.25) is 0 Å². The lowest BCUT2D eigenvalue weighted by molar-refractivity contribution is 0.0557. The van der Waals surface area contributed by atoms with Gasteiger partial charge in [-0.05, 0) is 32.6 Å². The summed E-state index contributed by atoms with van der Waals surface area (Å²) in [5, 5.41) is 0. The predicted molar refractivity (Wildman–Crippen MR) is 89.5 cm³/mol. The molecule has 0 aromatic heterocycles. The third-order valence-corrected chi connectivity index (χ3v) is 5.60. The zero-order valence-electron chi connectivity index (χ0n) is 14.4. The van der Waals surface area contributed by atoms with Crippen LogP contribution < -0.4 is 0 Å². The van der Waals surface area contributed by atoms with E-state index in [4.69, 9.17) is 18.0 Å². The van der Waals surface area contributed by atoms with Crippen LogP contribution in [0, 0.1) is 0 Å². The Labute approximate surface area is 132 Å². The molecule has 0 heterocycles. The zero-order valence-corrected chi connectivity index (χ0v) is 15.4. The van der Waals surface area contributed by atoms with Crippen molar-refractivity contribution in [1.82, 2.24) is 0 Å². The maximum Gasteiger partial charge on any atom is 0.501 e. The molecule has 0 atom stereocenters. The highest BCUT2D eigenvalue weighted by molar-refractivity contribution is 6.60. The summed E-state index contributed by atoms with van der Waals surface area (Å²) in [4.78, 5) is 0. The molecule has 0 radical (unpaired) electrons. The van der Waals surface area contributed by atoms with Gasteiger partial charge in [0.05, 0.1) is 6.61 Å². The van der Waals surface area contributed by atoms with Gasteiger partial charge in [-0.1, -0.05) is 32.9 Å². The first-order valence-corrected chi connectivity index (χ1v) is 10.2. The van der Waals surface area contributed by atoms with E-state index in [1.165, 1.54) is 0 Å². The van der Waals surface area contributed by atoms with Gasteiger partial charge >= 0.3 is 8.80 Å². The van der Waals surface area contributed by atoms with E-state index in [9.17, 15) is 0 Å². The molecule has 0 unspecified atom stereocenters. The fourth-order valence-corrected chi connectivity index (χ4v) is 4.56. The molecule has 0 bridgehead atoms. The topological polar surface area (TPSA) is 36.9 Å². The Morgan fingerprint density at radius 3 is 1.71 bits per heavy atom. The minimum atomic E-state index is -2.54. The van der Waals surface area contributed by atoms with Gasteiger partial charge in [0, 0.05) is 32.5 Å². The smallest absolute Gasteiger partial charge is 0.377 e. The molecule has 0 aliphatic rings. The van der Waals surface area contributed by atoms with Crippen LogP contribution in [0.2, 0.25) is 6.04 Å². The molecule has 0 aliphatic carbocycles. The molecular weight excluding hydrogens is 284 g/mol. The molecule has 0 spiro atoms. The molecule has 0 saturated carbocycles. The van der Waals surface area contributed by atoms with Crippen molar-refractivity contribution in [3.8, 4) is 0 Å². The van der Waals surface area contributed by atoms with Crippen LogP contribution in [0.3, 0.4) is 0 Å². The van der Waals surface area contributed by atoms with Gasteiger partial charge in [-0.25, -0.2) is 0 Å². The highest BCUT2D eigenvalue weighted by atomic mass is 28.4. The van der Waals surface area contributed by atoms with E-state index in [2.05, 4.69) is 27.4 Å². The Kier molecular flexibility index (Phi) is 13.3. The first-order valence-electron chi connectivity index (χ1n) is 8.24. The number of hydrogen-bond donors (Lipinski definition) is 0. The molecule has 0 N–H and O–H groups in total. The van der Waals surface area contributed by atoms with Crippen LogP contribution in [0.5, 0.6) is 0 Å². The summed E-state index contributed by atoms with van der Waals surface area (Å²) in [6.07, 6.45) is 3.83. The summed E-state index contributed by atoms with van der Waals surface area (Å²) in [6, 6.07) is 0.823. The molecule has 0 aromatic rings. The van der Waals surface area contributed by atoms with Gasteiger partial charge in [0.1, 0.15) is 0 Å². The second-order valence-electron chi connectivity index (χ2n) is 5.34. The van der Waals surface area contributed by atoms with Crippen LogP contribution in [0.25, 0.3) is 0 Å². The van der Waals surface area contributed by atoms with Crippen molar-refractivity contribution in [3.63, 3.8) is 0 Å². The first-order chi connectivity index (χ1) is 10.1. The molecular formula is C16H34O4Si. The van der Waals surface area contributed by atoms with E-state index in [1.807, 2.05) is 6.92 Å². The number of rotatable bonds is 15. The molecule has 0 aliphatic heterocycles. The van der Waals surface area contributed by atoms with Crippen LogP contribution in [-0.2, 0) is 18.0 Å². The minimum absolute atomic E-state index is 0.621. The van der Waals surface area contributed by atoms with Gasteiger partial charge < -0.3 is 18.0 Å². The average molecular weight is 319 g/mol. The van der Waals surface area contributed by atoms with Crippen molar-refractivity contribution >= 4 is 8.80 Å². The van der Waals surface area contributed by atoms with Crippen LogP contribution in [-0.4, -0.2) is 41.8 Å². The van der Waals surface area contributed by atoms with Crippen molar-refractivity contribution in [3.05, 3.63) is 12.2 Å². The second kappa shape index (κ2) is 13.5. The molecule has 0 amide bonds. The summed E-state index contributed by atoms with van der Waals surface area (Å²) in [6.45, 7) is 15.5. The van der Waals surface area contributed by atoms with Gasteiger partial charge in [0.2, 0.25) is 0 Å². The first kappa shape index (κ1) is 20.8. The van der Waals surface area contributed by atoms with E-state index < -0.39 is 8.80 Å². The Balaban J connectivity index is 4.37. The van der Waals surface area contributed by atoms with Crippen LogP contribution in [0.15, 0.2) is 12.2 Å². The van der Waals surface area contributed by atoms with E-state index in [0.29, 0.717) is 33.0 Å². The maximum absolute atomic E-state index is 6.03. The van der Waals surface area contributed by atoms with E-state index in [1.54, 1.807) is 0 Å². The van der Waals surface area contributed by atoms with Crippen molar-refractivity contribution in [2.24, 2.45) is 0 Å². The maximum atomic E-state index is 6.03. The highest BCUT2D eigenvalue weighted by Crippen LogP contribution is 2.19. The third kappa shape index (κ3) is 11.1. The number of hydrogen-bond acceptors (Lipinski definition) is 4. The Morgan fingerprint density at radius 1 is 0.857 bits per heavy atom. The standard InChI is InChI=1S/C16H34O4Si/c1-6-10-18-21(19-11-7-2,20-12-8-3)14-9-13-17-15-16(4)5/h4,6-15H2,1-3,5H3. The van der Waals surface area contributed by atoms with Crippen LogP contribution >= 0.6 is 0 Å². The molecule has 4 nitrogen and oxygen atoms in total. The Hall–Kier alpha value is -0.203. The highest BCUT2D eigenvalue weighted by Gasteiger charge is 2.40. The summed E-state index contributed by atoms with van der Waals surface area (Å²) in [7, 11) is -2.54. The van der Waals surface area contributed by atoms with Crippen molar-refractivity contribution in [2.45, 2.75) is 59.4 Å². The quantitative estimate of drug-likeness (QED) is 0.258. The predicted octanol–water partition coefficient (Wildman–Crippen LogP) is 4.19. The second-order valence-corrected chi connectivity index (χ2v) is 8.07. The molecule has 21 heavy (non-hydrogen) atoms. The van der Waals surface area contributed by atoms with E-state index in [0.717, 1.165) is 37.3 Å². The zero-order chi connectivity index (χ0) is 16.0. The molecule has 0 saturated heterocycles. The van der Waals surface area contributed by atoms with Crippen LogP contribution in [0.4, 0.5) is 0 Å². The lowest BCUT2D eigenvalue weighted by Gasteiger charge is -2.29. The van der Waals surface area contributed by atoms with E-state index >= 15 is 0 Å². The van der Waals surface area contributed by atoms with Gasteiger partial charge in [-0.15, -0.1) is 0 Å². The lowest BCUT2D eigenvalue weighted by atomic mass is 10.4. The monoisotopic (exact) mass is 318 g/mol. The van der Waals surface area contributed by atoms with Gasteiger partial charge in [-0.2, -0.15) is 0 Å². The lowest BCUT2D eigenvalue weighted by Crippen LogP contribution is -2.46. The molecule has 0 fully saturated rings. The summed E-state index contributed by atoms with van der Waals surface area (Å²) < 4.78 is 23.7. The minimum Gasteiger partial charge on any atom is -0.377 e. The third-order valence-electron chi connectivity index (χ3n) is 2.70. The summed E-state index contributed by atoms with van der Waals surface area (Å²) >= 11 is 0. The fourth-order valence-electron chi connectivity index (χ4n) is 1.75. The summed E-state index contributed by atoms with van der Waals surface area (Å²) in [5.74, 6) is 0. The molecule has 126 valence electrons. The average Bonchev–Trinajstić information content (AvgIpc) is 2.47. The van der Waals surface area contributed by atoms with Crippen molar-refractivity contribution in [1.29, 1.82) is 0 Å². The number of ether oxygens (including phenoxy) is 1. The Morgan fingerprint density at radius 2 is 1.33 bits per heavy atom. The molecule has 0 aromatic carbocycles. The fraction of sp³-hybridized carbons (Fsp3) is 0.875. The van der Waals surface area contributed by atoms with Crippen molar-refractivity contribution < 1.29 is 18.0 Å². The van der Waals surface area contributed by atoms with Crippen molar-refractivity contribution in [2.75, 3.05) is 33.0 Å². The Bertz CT molecular complexity index is 237. The van der Waals surface area contributed by atoms with E-state index in [-0.39, 0.29) is 0 Å². The normalized spacial score (nSPS) is 11.8. The SMILES string of the molecule is C=C(C)COCCC[Si](OCCC)(OCCC)OCCC. The largest absolute Gasteiger partial charge is 0.501 e. The molecule has 5 heteroatoms.